The van der Waals surface area contributed by atoms with Crippen LogP contribution in [0.1, 0.15) is 20.3 Å². The fourth-order valence-corrected chi connectivity index (χ4v) is 1.52. The lowest BCUT2D eigenvalue weighted by atomic mass is 10.0. The lowest BCUT2D eigenvalue weighted by Gasteiger charge is -2.31. The first-order valence-corrected chi connectivity index (χ1v) is 5.59. The highest BCUT2D eigenvalue weighted by molar-refractivity contribution is 5.77. The summed E-state index contributed by atoms with van der Waals surface area (Å²) in [6, 6.07) is 1.90. The summed E-state index contributed by atoms with van der Waals surface area (Å²) in [5, 5.41) is 8.72. The van der Waals surface area contributed by atoms with Gasteiger partial charge in [0.2, 0.25) is 5.91 Å². The molecule has 0 aliphatic carbocycles. The lowest BCUT2D eigenvalue weighted by Crippen LogP contribution is -2.47. The summed E-state index contributed by atoms with van der Waals surface area (Å²) >= 11 is 0. The van der Waals surface area contributed by atoms with Gasteiger partial charge in [-0.1, -0.05) is 13.8 Å². The van der Waals surface area contributed by atoms with Crippen LogP contribution in [0.15, 0.2) is 0 Å². The summed E-state index contributed by atoms with van der Waals surface area (Å²) in [4.78, 5) is 13.5. The Morgan fingerprint density at radius 1 is 1.69 bits per heavy atom. The predicted octanol–water partition coefficient (Wildman–Crippen LogP) is 0.111. The maximum absolute atomic E-state index is 11.9. The van der Waals surface area contributed by atoms with Crippen molar-refractivity contribution in [2.24, 2.45) is 11.7 Å². The predicted molar refractivity (Wildman–Crippen MR) is 59.4 cm³/mol. The number of nitriles is 1. The molecule has 2 atom stereocenters. The molecule has 2 N–H and O–H groups in total. The quantitative estimate of drug-likeness (QED) is 0.739. The van der Waals surface area contributed by atoms with Gasteiger partial charge in [0.15, 0.2) is 6.10 Å². The Morgan fingerprint density at radius 2 is 2.38 bits per heavy atom. The van der Waals surface area contributed by atoms with E-state index in [2.05, 4.69) is 0 Å². The topological polar surface area (TPSA) is 79.3 Å². The van der Waals surface area contributed by atoms with Crippen LogP contribution in [0.3, 0.4) is 0 Å². The molecule has 90 valence electrons. The average Bonchev–Trinajstić information content (AvgIpc) is 2.28. The van der Waals surface area contributed by atoms with Crippen LogP contribution in [-0.2, 0) is 9.53 Å². The normalized spacial score (nSPS) is 22.9. The van der Waals surface area contributed by atoms with E-state index in [-0.39, 0.29) is 17.9 Å². The van der Waals surface area contributed by atoms with Gasteiger partial charge >= 0.3 is 0 Å². The number of carbonyl (C=O) groups excluding carboxylic acids is 1. The molecule has 1 heterocycles. The largest absolute Gasteiger partial charge is 0.360 e. The number of morpholine rings is 1. The van der Waals surface area contributed by atoms with Gasteiger partial charge in [-0.05, 0) is 5.92 Å². The van der Waals surface area contributed by atoms with E-state index in [1.54, 1.807) is 4.90 Å². The van der Waals surface area contributed by atoms with Crippen molar-refractivity contribution in [1.29, 1.82) is 5.26 Å². The van der Waals surface area contributed by atoms with Crippen LogP contribution in [0.2, 0.25) is 0 Å². The zero-order chi connectivity index (χ0) is 12.1. The third-order valence-electron chi connectivity index (χ3n) is 2.83. The fraction of sp³-hybridized carbons (Fsp3) is 0.818. The standard InChI is InChI=1S/C11H19N3O2/c1-8(2)10(13)5-11(15)14-3-4-16-9(6-12)7-14/h8-10H,3-5,7,13H2,1-2H3. The molecule has 1 aliphatic heterocycles. The second-order valence-electron chi connectivity index (χ2n) is 4.44. The lowest BCUT2D eigenvalue weighted by molar-refractivity contribution is -0.137. The maximum atomic E-state index is 11.9. The van der Waals surface area contributed by atoms with Crippen LogP contribution in [-0.4, -0.2) is 42.6 Å². The Balaban J connectivity index is 2.45. The maximum Gasteiger partial charge on any atom is 0.224 e. The Kier molecular flexibility index (Phi) is 4.71. The molecule has 1 amide bonds. The van der Waals surface area contributed by atoms with E-state index < -0.39 is 6.10 Å². The van der Waals surface area contributed by atoms with Gasteiger partial charge in [0.25, 0.3) is 0 Å². The summed E-state index contributed by atoms with van der Waals surface area (Å²) in [5.41, 5.74) is 5.85. The number of nitrogens with zero attached hydrogens (tertiary/aromatic N) is 2. The number of hydrogen-bond acceptors (Lipinski definition) is 4. The smallest absolute Gasteiger partial charge is 0.224 e. The highest BCUT2D eigenvalue weighted by Gasteiger charge is 2.25. The molecule has 0 spiro atoms. The average molecular weight is 225 g/mol. The van der Waals surface area contributed by atoms with Gasteiger partial charge in [0.1, 0.15) is 0 Å². The van der Waals surface area contributed by atoms with Crippen LogP contribution >= 0.6 is 0 Å². The molecular weight excluding hydrogens is 206 g/mol. The van der Waals surface area contributed by atoms with E-state index in [1.165, 1.54) is 0 Å². The van der Waals surface area contributed by atoms with Gasteiger partial charge in [0, 0.05) is 19.0 Å². The van der Waals surface area contributed by atoms with Gasteiger partial charge in [-0.3, -0.25) is 4.79 Å². The van der Waals surface area contributed by atoms with Crippen LogP contribution in [0.4, 0.5) is 0 Å². The second kappa shape index (κ2) is 5.83. The molecule has 1 aliphatic rings. The van der Waals surface area contributed by atoms with Crippen LogP contribution in [0.25, 0.3) is 0 Å². The van der Waals surface area contributed by atoms with Gasteiger partial charge < -0.3 is 15.4 Å². The first-order chi connectivity index (χ1) is 7.54. The van der Waals surface area contributed by atoms with Crippen molar-refractivity contribution < 1.29 is 9.53 Å². The number of amides is 1. The monoisotopic (exact) mass is 225 g/mol. The van der Waals surface area contributed by atoms with E-state index >= 15 is 0 Å². The third-order valence-corrected chi connectivity index (χ3v) is 2.83. The minimum atomic E-state index is -0.493. The van der Waals surface area contributed by atoms with Gasteiger partial charge in [0.05, 0.1) is 19.2 Å². The van der Waals surface area contributed by atoms with Gasteiger partial charge in [-0.15, -0.1) is 0 Å². The first kappa shape index (κ1) is 12.9. The third kappa shape index (κ3) is 3.47. The fourth-order valence-electron chi connectivity index (χ4n) is 1.52. The van der Waals surface area contributed by atoms with Crippen molar-refractivity contribution in [3.63, 3.8) is 0 Å². The van der Waals surface area contributed by atoms with Crippen molar-refractivity contribution in [2.75, 3.05) is 19.7 Å². The Bertz CT molecular complexity index is 285. The van der Waals surface area contributed by atoms with Crippen molar-refractivity contribution in [1.82, 2.24) is 4.90 Å². The van der Waals surface area contributed by atoms with Gasteiger partial charge in [-0.2, -0.15) is 5.26 Å². The molecule has 1 fully saturated rings. The molecule has 0 bridgehead atoms. The summed E-state index contributed by atoms with van der Waals surface area (Å²) in [7, 11) is 0. The molecule has 5 heteroatoms. The second-order valence-corrected chi connectivity index (χ2v) is 4.44. The van der Waals surface area contributed by atoms with E-state index in [1.807, 2.05) is 19.9 Å². The minimum absolute atomic E-state index is 0.0183. The molecule has 0 aromatic carbocycles. The van der Waals surface area contributed by atoms with E-state index in [4.69, 9.17) is 15.7 Å². The SMILES string of the molecule is CC(C)C(N)CC(=O)N1CCOC(C#N)C1. The molecule has 1 saturated heterocycles. The number of rotatable bonds is 3. The van der Waals surface area contributed by atoms with Crippen molar-refractivity contribution in [3.8, 4) is 6.07 Å². The number of carbonyl (C=O) groups is 1. The molecule has 5 nitrogen and oxygen atoms in total. The van der Waals surface area contributed by atoms with Crippen LogP contribution < -0.4 is 5.73 Å². The van der Waals surface area contributed by atoms with E-state index in [0.717, 1.165) is 0 Å². The van der Waals surface area contributed by atoms with Crippen molar-refractivity contribution >= 4 is 5.91 Å². The number of ether oxygens (including phenoxy) is 1. The zero-order valence-corrected chi connectivity index (χ0v) is 9.85. The van der Waals surface area contributed by atoms with Gasteiger partial charge in [-0.25, -0.2) is 0 Å². The molecule has 1 rings (SSSR count). The Hall–Kier alpha value is -1.12. The molecule has 0 aromatic rings. The van der Waals surface area contributed by atoms with Crippen LogP contribution in [0, 0.1) is 17.2 Å². The molecule has 0 saturated carbocycles. The molecule has 0 radical (unpaired) electrons. The van der Waals surface area contributed by atoms with Crippen molar-refractivity contribution in [3.05, 3.63) is 0 Å². The van der Waals surface area contributed by atoms with E-state index in [0.29, 0.717) is 26.1 Å². The summed E-state index contributed by atoms with van der Waals surface area (Å²) < 4.78 is 5.17. The Morgan fingerprint density at radius 3 is 2.94 bits per heavy atom. The van der Waals surface area contributed by atoms with E-state index in [9.17, 15) is 4.79 Å². The molecule has 0 aromatic heterocycles. The number of nitrogens with two attached hydrogens (primary N) is 1. The molecular formula is C11H19N3O2. The Labute approximate surface area is 96.2 Å². The summed E-state index contributed by atoms with van der Waals surface area (Å²) in [6.07, 6.45) is -0.150. The number of hydrogen-bond donors (Lipinski definition) is 1. The highest BCUT2D eigenvalue weighted by Crippen LogP contribution is 2.09. The first-order valence-electron chi connectivity index (χ1n) is 5.59. The summed E-state index contributed by atoms with van der Waals surface area (Å²) in [5.74, 6) is 0.307. The summed E-state index contributed by atoms with van der Waals surface area (Å²) in [6.45, 7) is 5.34. The zero-order valence-electron chi connectivity index (χ0n) is 9.85. The van der Waals surface area contributed by atoms with Crippen molar-refractivity contribution in [2.45, 2.75) is 32.4 Å². The molecule has 2 unspecified atom stereocenters. The minimum Gasteiger partial charge on any atom is -0.360 e. The van der Waals surface area contributed by atoms with Crippen LogP contribution in [0.5, 0.6) is 0 Å². The highest BCUT2D eigenvalue weighted by atomic mass is 16.5. The molecule has 16 heavy (non-hydrogen) atoms.